The summed E-state index contributed by atoms with van der Waals surface area (Å²) in [6.07, 6.45) is 0. The van der Waals surface area contributed by atoms with Crippen LogP contribution < -0.4 is 4.90 Å². The first-order chi connectivity index (χ1) is 7.47. The molecular formula is C10H11BrN2O3. The van der Waals surface area contributed by atoms with Crippen molar-refractivity contribution in [3.63, 3.8) is 0 Å². The predicted molar refractivity (Wildman–Crippen MR) is 62.4 cm³/mol. The molecule has 0 saturated carbocycles. The van der Waals surface area contributed by atoms with Gasteiger partial charge in [-0.05, 0) is 28.1 Å². The zero-order chi connectivity index (χ0) is 12.3. The van der Waals surface area contributed by atoms with Crippen molar-refractivity contribution in [1.29, 1.82) is 0 Å². The second-order valence-corrected chi connectivity index (χ2v) is 3.88. The number of esters is 1. The average Bonchev–Trinajstić information content (AvgIpc) is 2.26. The summed E-state index contributed by atoms with van der Waals surface area (Å²) in [7, 11) is 2.84. The number of carbonyl (C=O) groups excluding carboxylic acids is 2. The summed E-state index contributed by atoms with van der Waals surface area (Å²) in [6.45, 7) is 1.41. The van der Waals surface area contributed by atoms with Gasteiger partial charge >= 0.3 is 5.97 Å². The van der Waals surface area contributed by atoms with E-state index in [4.69, 9.17) is 0 Å². The third-order valence-electron chi connectivity index (χ3n) is 2.05. The molecule has 0 aromatic carbocycles. The Labute approximate surface area is 102 Å². The molecule has 1 amide bonds. The molecular weight excluding hydrogens is 276 g/mol. The highest BCUT2D eigenvalue weighted by Crippen LogP contribution is 2.21. The monoisotopic (exact) mass is 286 g/mol. The summed E-state index contributed by atoms with van der Waals surface area (Å²) >= 11 is 3.16. The van der Waals surface area contributed by atoms with Crippen molar-refractivity contribution in [3.05, 3.63) is 22.4 Å². The van der Waals surface area contributed by atoms with E-state index in [0.29, 0.717) is 10.3 Å². The molecule has 0 spiro atoms. The number of methoxy groups -OCH3 is 1. The molecule has 1 rings (SSSR count). The normalized spacial score (nSPS) is 9.75. The summed E-state index contributed by atoms with van der Waals surface area (Å²) in [5.41, 5.74) is 0.525. The number of hydrogen-bond acceptors (Lipinski definition) is 4. The number of aromatic nitrogens is 1. The molecule has 1 aromatic rings. The van der Waals surface area contributed by atoms with Gasteiger partial charge < -0.3 is 9.64 Å². The van der Waals surface area contributed by atoms with E-state index in [-0.39, 0.29) is 11.6 Å². The van der Waals surface area contributed by atoms with Crippen LogP contribution in [0.15, 0.2) is 16.7 Å². The van der Waals surface area contributed by atoms with Crippen LogP contribution in [-0.2, 0) is 9.53 Å². The molecule has 5 nitrogen and oxygen atoms in total. The topological polar surface area (TPSA) is 59.5 Å². The smallest absolute Gasteiger partial charge is 0.358 e. The summed E-state index contributed by atoms with van der Waals surface area (Å²) in [5.74, 6) is -0.765. The van der Waals surface area contributed by atoms with Crippen LogP contribution in [0.2, 0.25) is 0 Å². The zero-order valence-corrected chi connectivity index (χ0v) is 10.7. The minimum absolute atomic E-state index is 0.106. The lowest BCUT2D eigenvalue weighted by molar-refractivity contribution is -0.116. The first-order valence-corrected chi connectivity index (χ1v) is 5.25. The van der Waals surface area contributed by atoms with E-state index >= 15 is 0 Å². The van der Waals surface area contributed by atoms with Crippen molar-refractivity contribution in [3.8, 4) is 0 Å². The molecule has 0 fully saturated rings. The van der Waals surface area contributed by atoms with Gasteiger partial charge in [-0.3, -0.25) is 4.79 Å². The largest absolute Gasteiger partial charge is 0.464 e. The Morgan fingerprint density at radius 2 is 2.06 bits per heavy atom. The second-order valence-electron chi connectivity index (χ2n) is 3.07. The van der Waals surface area contributed by atoms with E-state index in [2.05, 4.69) is 25.7 Å². The maximum absolute atomic E-state index is 11.5. The number of pyridine rings is 1. The molecule has 1 heterocycles. The Bertz CT molecular complexity index is 434. The van der Waals surface area contributed by atoms with Crippen LogP contribution in [0.4, 0.5) is 5.69 Å². The van der Waals surface area contributed by atoms with Gasteiger partial charge in [0, 0.05) is 14.0 Å². The number of amides is 1. The van der Waals surface area contributed by atoms with Gasteiger partial charge in [-0.2, -0.15) is 0 Å². The quantitative estimate of drug-likeness (QED) is 0.612. The molecule has 0 radical (unpaired) electrons. The molecule has 0 unspecified atom stereocenters. The summed E-state index contributed by atoms with van der Waals surface area (Å²) < 4.78 is 5.11. The zero-order valence-electron chi connectivity index (χ0n) is 9.15. The highest BCUT2D eigenvalue weighted by atomic mass is 79.9. The number of nitrogens with zero attached hydrogens (tertiary/aromatic N) is 2. The first-order valence-electron chi connectivity index (χ1n) is 4.46. The maximum Gasteiger partial charge on any atom is 0.358 e. The number of ether oxygens (including phenoxy) is 1. The minimum Gasteiger partial charge on any atom is -0.464 e. The van der Waals surface area contributed by atoms with Gasteiger partial charge in [-0.25, -0.2) is 9.78 Å². The van der Waals surface area contributed by atoms with Crippen LogP contribution in [0.5, 0.6) is 0 Å². The Morgan fingerprint density at radius 1 is 1.44 bits per heavy atom. The van der Waals surface area contributed by atoms with Crippen molar-refractivity contribution in [2.75, 3.05) is 19.1 Å². The van der Waals surface area contributed by atoms with Crippen molar-refractivity contribution >= 4 is 33.5 Å². The number of carbonyl (C=O) groups is 2. The average molecular weight is 287 g/mol. The number of anilines is 1. The molecule has 0 bridgehead atoms. The van der Waals surface area contributed by atoms with Crippen molar-refractivity contribution < 1.29 is 14.3 Å². The van der Waals surface area contributed by atoms with E-state index in [1.54, 1.807) is 19.2 Å². The SMILES string of the molecule is COC(=O)c1nc(Br)ccc1N(C)C(C)=O. The molecule has 0 atom stereocenters. The summed E-state index contributed by atoms with van der Waals surface area (Å²) in [4.78, 5) is 28.0. The molecule has 6 heteroatoms. The summed E-state index contributed by atoms with van der Waals surface area (Å²) in [6, 6.07) is 3.28. The van der Waals surface area contributed by atoms with Crippen LogP contribution in [0, 0.1) is 0 Å². The standard InChI is InChI=1S/C10H11BrN2O3/c1-6(14)13(2)7-4-5-8(11)12-9(7)10(15)16-3/h4-5H,1-3H3. The Hall–Kier alpha value is -1.43. The summed E-state index contributed by atoms with van der Waals surface area (Å²) in [5, 5.41) is 0. The fraction of sp³-hybridized carbons (Fsp3) is 0.300. The van der Waals surface area contributed by atoms with Crippen molar-refractivity contribution in [1.82, 2.24) is 4.98 Å². The Morgan fingerprint density at radius 3 is 2.56 bits per heavy atom. The number of rotatable bonds is 2. The highest BCUT2D eigenvalue weighted by molar-refractivity contribution is 9.10. The predicted octanol–water partition coefficient (Wildman–Crippen LogP) is 1.61. The van der Waals surface area contributed by atoms with E-state index in [9.17, 15) is 9.59 Å². The van der Waals surface area contributed by atoms with Crippen LogP contribution in [-0.4, -0.2) is 31.0 Å². The lowest BCUT2D eigenvalue weighted by Gasteiger charge is -2.17. The van der Waals surface area contributed by atoms with Crippen molar-refractivity contribution in [2.45, 2.75) is 6.92 Å². The molecule has 86 valence electrons. The maximum atomic E-state index is 11.5. The van der Waals surface area contributed by atoms with E-state index < -0.39 is 5.97 Å². The molecule has 16 heavy (non-hydrogen) atoms. The Balaban J connectivity index is 3.27. The van der Waals surface area contributed by atoms with Gasteiger partial charge in [0.2, 0.25) is 5.91 Å². The Kier molecular flexibility index (Phi) is 4.00. The first kappa shape index (κ1) is 12.6. The number of hydrogen-bond donors (Lipinski definition) is 0. The molecule has 0 saturated heterocycles. The van der Waals surface area contributed by atoms with E-state index in [1.807, 2.05) is 0 Å². The third kappa shape index (κ3) is 2.57. The van der Waals surface area contributed by atoms with Crippen LogP contribution in [0.1, 0.15) is 17.4 Å². The van der Waals surface area contributed by atoms with Crippen molar-refractivity contribution in [2.24, 2.45) is 0 Å². The second kappa shape index (κ2) is 5.07. The third-order valence-corrected chi connectivity index (χ3v) is 2.49. The minimum atomic E-state index is -0.579. The van der Waals surface area contributed by atoms with Gasteiger partial charge in [0.1, 0.15) is 4.60 Å². The lowest BCUT2D eigenvalue weighted by Crippen LogP contribution is -2.25. The molecule has 0 N–H and O–H groups in total. The molecule has 0 aliphatic rings. The lowest BCUT2D eigenvalue weighted by atomic mass is 10.2. The van der Waals surface area contributed by atoms with Gasteiger partial charge in [-0.15, -0.1) is 0 Å². The fourth-order valence-corrected chi connectivity index (χ4v) is 1.42. The van der Waals surface area contributed by atoms with Gasteiger partial charge in [-0.1, -0.05) is 0 Å². The fourth-order valence-electron chi connectivity index (χ4n) is 1.12. The highest BCUT2D eigenvalue weighted by Gasteiger charge is 2.19. The van der Waals surface area contributed by atoms with Gasteiger partial charge in [0.25, 0.3) is 0 Å². The molecule has 0 aliphatic heterocycles. The molecule has 1 aromatic heterocycles. The van der Waals surface area contributed by atoms with E-state index in [1.165, 1.54) is 18.9 Å². The number of halogens is 1. The van der Waals surface area contributed by atoms with E-state index in [0.717, 1.165) is 0 Å². The van der Waals surface area contributed by atoms with Crippen LogP contribution in [0.25, 0.3) is 0 Å². The van der Waals surface area contributed by atoms with Crippen LogP contribution in [0.3, 0.4) is 0 Å². The van der Waals surface area contributed by atoms with Gasteiger partial charge in [0.05, 0.1) is 12.8 Å². The van der Waals surface area contributed by atoms with Gasteiger partial charge in [0.15, 0.2) is 5.69 Å². The molecule has 0 aliphatic carbocycles. The van der Waals surface area contributed by atoms with Crippen LogP contribution >= 0.6 is 15.9 Å².